The predicted molar refractivity (Wildman–Crippen MR) is 130 cm³/mol. The summed E-state index contributed by atoms with van der Waals surface area (Å²) >= 11 is 0. The van der Waals surface area contributed by atoms with Crippen LogP contribution in [0.2, 0.25) is 0 Å². The zero-order valence-corrected chi connectivity index (χ0v) is 18.7. The van der Waals surface area contributed by atoms with Crippen LogP contribution in [0.15, 0.2) is 60.8 Å². The summed E-state index contributed by atoms with van der Waals surface area (Å²) < 4.78 is 14.9. The molecule has 5 rings (SSSR count). The minimum absolute atomic E-state index is 0.0172. The van der Waals surface area contributed by atoms with Crippen molar-refractivity contribution in [1.82, 2.24) is 4.98 Å². The number of benzene rings is 2. The Labute approximate surface area is 194 Å². The topological polar surface area (TPSA) is 68.0 Å². The van der Waals surface area contributed by atoms with E-state index in [4.69, 9.17) is 5.73 Å². The van der Waals surface area contributed by atoms with Crippen molar-refractivity contribution in [1.29, 1.82) is 0 Å². The van der Waals surface area contributed by atoms with Gasteiger partial charge in [-0.1, -0.05) is 42.5 Å². The second kappa shape index (κ2) is 9.06. The molecule has 1 radical (unpaired) electrons. The zero-order chi connectivity index (χ0) is 22.8. The Balaban J connectivity index is 1.44. The van der Waals surface area contributed by atoms with Crippen LogP contribution >= 0.6 is 0 Å². The fourth-order valence-corrected chi connectivity index (χ4v) is 4.75. The summed E-state index contributed by atoms with van der Waals surface area (Å²) in [6.07, 6.45) is 10.4. The summed E-state index contributed by atoms with van der Waals surface area (Å²) in [6, 6.07) is 17.0. The Bertz CT molecular complexity index is 1150. The standard InChI is InChI=1S/C28H29FN3O/c29-25-16-21(11-12-24(25)28(30)13-14-28)27-23(20-9-5-2-6-10-20)17-22(18-31-27)32-26(33)15-19-7-3-1-4-8-19/h1-2,5-6,9-12,16-19H,3-4,7-8,13-15,30H2,(H,32,33). The summed E-state index contributed by atoms with van der Waals surface area (Å²) in [7, 11) is 0. The van der Waals surface area contributed by atoms with Crippen molar-refractivity contribution in [2.75, 3.05) is 5.32 Å². The smallest absolute Gasteiger partial charge is 0.224 e. The van der Waals surface area contributed by atoms with E-state index < -0.39 is 5.54 Å². The molecule has 2 aliphatic rings. The van der Waals surface area contributed by atoms with Crippen LogP contribution in [-0.4, -0.2) is 10.9 Å². The van der Waals surface area contributed by atoms with Crippen molar-refractivity contribution in [2.24, 2.45) is 11.7 Å². The molecule has 2 saturated carbocycles. The van der Waals surface area contributed by atoms with E-state index in [9.17, 15) is 9.18 Å². The molecule has 2 aromatic carbocycles. The molecule has 1 aromatic heterocycles. The van der Waals surface area contributed by atoms with Gasteiger partial charge in [-0.3, -0.25) is 9.78 Å². The molecule has 0 aliphatic heterocycles. The fourth-order valence-electron chi connectivity index (χ4n) is 4.75. The molecule has 0 bridgehead atoms. The van der Waals surface area contributed by atoms with Crippen molar-refractivity contribution in [3.63, 3.8) is 0 Å². The molecule has 2 fully saturated rings. The first-order chi connectivity index (χ1) is 16.0. The SMILES string of the molecule is NC1(c2ccc(-c3ncc(NC(=O)CC4CC[CH]CC4)cc3-c3ccccc3)cc2F)CC1. The van der Waals surface area contributed by atoms with E-state index in [0.29, 0.717) is 34.8 Å². The summed E-state index contributed by atoms with van der Waals surface area (Å²) in [4.78, 5) is 17.3. The molecule has 0 unspecified atom stereocenters. The number of halogens is 1. The van der Waals surface area contributed by atoms with Crippen LogP contribution < -0.4 is 11.1 Å². The fraction of sp³-hybridized carbons (Fsp3) is 0.321. The third-order valence-corrected chi connectivity index (χ3v) is 6.86. The summed E-state index contributed by atoms with van der Waals surface area (Å²) in [5, 5.41) is 3.02. The number of carbonyl (C=O) groups is 1. The molecule has 169 valence electrons. The third kappa shape index (κ3) is 4.83. The van der Waals surface area contributed by atoms with Crippen LogP contribution in [0.1, 0.15) is 50.5 Å². The first kappa shape index (κ1) is 21.8. The molecule has 1 amide bonds. The van der Waals surface area contributed by atoms with Gasteiger partial charge in [0, 0.05) is 28.7 Å². The number of anilines is 1. The number of amides is 1. The van der Waals surface area contributed by atoms with Gasteiger partial charge in [0.1, 0.15) is 5.82 Å². The van der Waals surface area contributed by atoms with Crippen LogP contribution in [0.5, 0.6) is 0 Å². The van der Waals surface area contributed by atoms with Crippen molar-refractivity contribution < 1.29 is 9.18 Å². The predicted octanol–water partition coefficient (Wildman–Crippen LogP) is 6.23. The number of hydrogen-bond donors (Lipinski definition) is 2. The van der Waals surface area contributed by atoms with Crippen LogP contribution in [0.25, 0.3) is 22.4 Å². The number of nitrogens with two attached hydrogens (primary N) is 1. The van der Waals surface area contributed by atoms with Gasteiger partial charge in [-0.05, 0) is 68.6 Å². The van der Waals surface area contributed by atoms with Gasteiger partial charge < -0.3 is 11.1 Å². The number of nitrogens with one attached hydrogen (secondary N) is 1. The van der Waals surface area contributed by atoms with E-state index >= 15 is 0 Å². The van der Waals surface area contributed by atoms with Crippen LogP contribution in [0, 0.1) is 18.2 Å². The molecule has 0 atom stereocenters. The quantitative estimate of drug-likeness (QED) is 0.476. The molecule has 0 spiro atoms. The lowest BCUT2D eigenvalue weighted by Crippen LogP contribution is -2.20. The number of rotatable bonds is 6. The van der Waals surface area contributed by atoms with Gasteiger partial charge in [-0.2, -0.15) is 0 Å². The van der Waals surface area contributed by atoms with E-state index in [0.717, 1.165) is 49.7 Å². The lowest BCUT2D eigenvalue weighted by Gasteiger charge is -2.20. The Hall–Kier alpha value is -3.05. The average Bonchev–Trinajstić information content (AvgIpc) is 3.58. The van der Waals surface area contributed by atoms with Crippen LogP contribution in [0.3, 0.4) is 0 Å². The number of hydrogen-bond acceptors (Lipinski definition) is 3. The largest absolute Gasteiger partial charge is 0.325 e. The van der Waals surface area contributed by atoms with Crippen molar-refractivity contribution in [2.45, 2.75) is 50.5 Å². The summed E-state index contributed by atoms with van der Waals surface area (Å²) in [5.41, 5.74) is 10.1. The Morgan fingerprint density at radius 2 is 1.82 bits per heavy atom. The average molecular weight is 443 g/mol. The normalized spacial score (nSPS) is 17.5. The Morgan fingerprint density at radius 3 is 2.52 bits per heavy atom. The number of pyridine rings is 1. The Morgan fingerprint density at radius 1 is 1.06 bits per heavy atom. The first-order valence-corrected chi connectivity index (χ1v) is 11.8. The number of carbonyl (C=O) groups excluding carboxylic acids is 1. The van der Waals surface area contributed by atoms with Crippen LogP contribution in [-0.2, 0) is 10.3 Å². The van der Waals surface area contributed by atoms with Crippen LogP contribution in [0.4, 0.5) is 10.1 Å². The second-order valence-electron chi connectivity index (χ2n) is 9.40. The summed E-state index contributed by atoms with van der Waals surface area (Å²) in [5.74, 6) is 0.161. The molecule has 5 heteroatoms. The number of aromatic nitrogens is 1. The zero-order valence-electron chi connectivity index (χ0n) is 18.7. The van der Waals surface area contributed by atoms with Gasteiger partial charge >= 0.3 is 0 Å². The molecule has 1 heterocycles. The highest BCUT2D eigenvalue weighted by molar-refractivity contribution is 5.93. The van der Waals surface area contributed by atoms with E-state index in [1.54, 1.807) is 12.3 Å². The second-order valence-corrected chi connectivity index (χ2v) is 9.40. The summed E-state index contributed by atoms with van der Waals surface area (Å²) in [6.45, 7) is 0. The highest BCUT2D eigenvalue weighted by Gasteiger charge is 2.42. The molecule has 33 heavy (non-hydrogen) atoms. The maximum Gasteiger partial charge on any atom is 0.224 e. The van der Waals surface area contributed by atoms with Gasteiger partial charge in [0.05, 0.1) is 17.6 Å². The monoisotopic (exact) mass is 442 g/mol. The molecule has 3 N–H and O–H groups in total. The maximum atomic E-state index is 14.9. The molecular weight excluding hydrogens is 413 g/mol. The minimum Gasteiger partial charge on any atom is -0.325 e. The third-order valence-electron chi connectivity index (χ3n) is 6.86. The maximum absolute atomic E-state index is 14.9. The highest BCUT2D eigenvalue weighted by atomic mass is 19.1. The van der Waals surface area contributed by atoms with E-state index in [-0.39, 0.29) is 11.7 Å². The molecular formula is C28H29FN3O. The Kier molecular flexibility index (Phi) is 5.98. The van der Waals surface area contributed by atoms with Crippen molar-refractivity contribution >= 4 is 11.6 Å². The van der Waals surface area contributed by atoms with Gasteiger partial charge in [-0.15, -0.1) is 0 Å². The van der Waals surface area contributed by atoms with Crippen molar-refractivity contribution in [3.8, 4) is 22.4 Å². The minimum atomic E-state index is -0.525. The van der Waals surface area contributed by atoms with Gasteiger partial charge in [0.25, 0.3) is 0 Å². The van der Waals surface area contributed by atoms with E-state index in [2.05, 4.69) is 16.7 Å². The van der Waals surface area contributed by atoms with Gasteiger partial charge in [-0.25, -0.2) is 4.39 Å². The number of nitrogens with zero attached hydrogens (tertiary/aromatic N) is 1. The van der Waals surface area contributed by atoms with E-state index in [1.807, 2.05) is 42.5 Å². The van der Waals surface area contributed by atoms with Crippen molar-refractivity contribution in [3.05, 3.63) is 78.6 Å². The van der Waals surface area contributed by atoms with Gasteiger partial charge in [0.15, 0.2) is 0 Å². The molecule has 3 aromatic rings. The molecule has 4 nitrogen and oxygen atoms in total. The molecule has 0 saturated heterocycles. The van der Waals surface area contributed by atoms with Gasteiger partial charge in [0.2, 0.25) is 5.91 Å². The lowest BCUT2D eigenvalue weighted by atomic mass is 9.87. The lowest BCUT2D eigenvalue weighted by molar-refractivity contribution is -0.117. The molecule has 2 aliphatic carbocycles. The first-order valence-electron chi connectivity index (χ1n) is 11.8. The van der Waals surface area contributed by atoms with E-state index in [1.165, 1.54) is 6.07 Å². The highest BCUT2D eigenvalue weighted by Crippen LogP contribution is 2.44.